The smallest absolute Gasteiger partial charge is 0.244 e. The number of carbonyl (C=O) groups excluding carboxylic acids is 1. The summed E-state index contributed by atoms with van der Waals surface area (Å²) in [6.07, 6.45) is 0.418. The molecule has 0 spiro atoms. The summed E-state index contributed by atoms with van der Waals surface area (Å²) in [5.74, 6) is 0.185. The monoisotopic (exact) mass is 406 g/mol. The summed E-state index contributed by atoms with van der Waals surface area (Å²) in [6.45, 7) is 3.37. The van der Waals surface area contributed by atoms with Gasteiger partial charge in [0.25, 0.3) is 0 Å². The first-order valence-electron chi connectivity index (χ1n) is 8.97. The lowest BCUT2D eigenvalue weighted by atomic mass is 9.97. The van der Waals surface area contributed by atoms with Crippen LogP contribution in [0.5, 0.6) is 0 Å². The van der Waals surface area contributed by atoms with Gasteiger partial charge in [-0.1, -0.05) is 61.0 Å². The summed E-state index contributed by atoms with van der Waals surface area (Å²) < 4.78 is 27.0. The number of sulfonamides is 1. The molecule has 2 aromatic rings. The minimum Gasteiger partial charge on any atom is -0.340 e. The van der Waals surface area contributed by atoms with E-state index in [9.17, 15) is 13.2 Å². The van der Waals surface area contributed by atoms with Crippen molar-refractivity contribution in [2.24, 2.45) is 0 Å². The molecule has 1 heterocycles. The molecular weight excluding hydrogens is 384 g/mol. The number of benzene rings is 2. The Kier molecular flexibility index (Phi) is 6.19. The van der Waals surface area contributed by atoms with Crippen molar-refractivity contribution in [3.8, 4) is 0 Å². The van der Waals surface area contributed by atoms with Crippen LogP contribution < -0.4 is 0 Å². The third-order valence-electron chi connectivity index (χ3n) is 4.90. The molecule has 3 rings (SSSR count). The zero-order chi connectivity index (χ0) is 19.4. The maximum Gasteiger partial charge on any atom is 0.244 e. The Hall–Kier alpha value is -1.89. The molecule has 27 heavy (non-hydrogen) atoms. The molecule has 0 saturated carbocycles. The van der Waals surface area contributed by atoms with Crippen molar-refractivity contribution in [3.05, 3.63) is 65.2 Å². The molecule has 2 aromatic carbocycles. The molecule has 0 bridgehead atoms. The third kappa shape index (κ3) is 4.51. The standard InChI is InChI=1S/C20H23ClN2O3S/c1-16(17-7-3-2-4-8-17)15-20(24)22-11-13-23(14-12-22)27(25,26)19-10-6-5-9-18(19)21/h2-10,16H,11-15H2,1H3. The topological polar surface area (TPSA) is 57.7 Å². The average molecular weight is 407 g/mol. The van der Waals surface area contributed by atoms with Crippen LogP contribution in [0.2, 0.25) is 5.02 Å². The van der Waals surface area contributed by atoms with E-state index in [0.717, 1.165) is 5.56 Å². The lowest BCUT2D eigenvalue weighted by Gasteiger charge is -2.34. The molecule has 1 unspecified atom stereocenters. The molecule has 1 aliphatic rings. The van der Waals surface area contributed by atoms with Crippen LogP contribution in [-0.2, 0) is 14.8 Å². The third-order valence-corrected chi connectivity index (χ3v) is 7.29. The molecule has 1 atom stereocenters. The van der Waals surface area contributed by atoms with Crippen LogP contribution in [0.3, 0.4) is 0 Å². The zero-order valence-corrected chi connectivity index (χ0v) is 16.8. The van der Waals surface area contributed by atoms with E-state index in [-0.39, 0.29) is 34.8 Å². The summed E-state index contributed by atoms with van der Waals surface area (Å²) in [6, 6.07) is 16.4. The Bertz CT molecular complexity index is 894. The van der Waals surface area contributed by atoms with E-state index in [1.807, 2.05) is 37.3 Å². The second kappa shape index (κ2) is 8.42. The molecule has 144 valence electrons. The number of carbonyl (C=O) groups is 1. The number of hydrogen-bond acceptors (Lipinski definition) is 3. The quantitative estimate of drug-likeness (QED) is 0.764. The van der Waals surface area contributed by atoms with Crippen LogP contribution in [0, 0.1) is 0 Å². The van der Waals surface area contributed by atoms with Crippen molar-refractivity contribution in [3.63, 3.8) is 0 Å². The first-order valence-corrected chi connectivity index (χ1v) is 10.8. The fourth-order valence-corrected chi connectivity index (χ4v) is 5.18. The van der Waals surface area contributed by atoms with Gasteiger partial charge in [0.05, 0.1) is 5.02 Å². The highest BCUT2D eigenvalue weighted by Crippen LogP contribution is 2.25. The Balaban J connectivity index is 1.60. The fraction of sp³-hybridized carbons (Fsp3) is 0.350. The largest absolute Gasteiger partial charge is 0.340 e. The van der Waals surface area contributed by atoms with Crippen molar-refractivity contribution in [1.82, 2.24) is 9.21 Å². The van der Waals surface area contributed by atoms with Gasteiger partial charge in [-0.3, -0.25) is 4.79 Å². The Labute approximate surface area is 165 Å². The van der Waals surface area contributed by atoms with Gasteiger partial charge in [0.2, 0.25) is 15.9 Å². The van der Waals surface area contributed by atoms with Crippen LogP contribution in [-0.4, -0.2) is 49.7 Å². The van der Waals surface area contributed by atoms with Gasteiger partial charge in [0.1, 0.15) is 4.90 Å². The van der Waals surface area contributed by atoms with Crippen LogP contribution in [0.25, 0.3) is 0 Å². The normalized spacial score (nSPS) is 16.9. The number of amides is 1. The first kappa shape index (κ1) is 19.9. The van der Waals surface area contributed by atoms with Gasteiger partial charge in [-0.15, -0.1) is 0 Å². The number of rotatable bonds is 5. The van der Waals surface area contributed by atoms with Crippen molar-refractivity contribution in [2.45, 2.75) is 24.2 Å². The van der Waals surface area contributed by atoms with Crippen molar-refractivity contribution in [2.75, 3.05) is 26.2 Å². The van der Waals surface area contributed by atoms with Crippen LogP contribution >= 0.6 is 11.6 Å². The van der Waals surface area contributed by atoms with E-state index in [4.69, 9.17) is 11.6 Å². The fourth-order valence-electron chi connectivity index (χ4n) is 3.26. The zero-order valence-electron chi connectivity index (χ0n) is 15.2. The van der Waals surface area contributed by atoms with Gasteiger partial charge < -0.3 is 4.90 Å². The molecule has 7 heteroatoms. The number of piperazine rings is 1. The highest BCUT2D eigenvalue weighted by atomic mass is 35.5. The van der Waals surface area contributed by atoms with Gasteiger partial charge in [-0.05, 0) is 23.6 Å². The van der Waals surface area contributed by atoms with E-state index in [0.29, 0.717) is 19.5 Å². The van der Waals surface area contributed by atoms with E-state index in [1.165, 1.54) is 10.4 Å². The van der Waals surface area contributed by atoms with Crippen molar-refractivity contribution in [1.29, 1.82) is 0 Å². The maximum atomic E-state index is 12.8. The van der Waals surface area contributed by atoms with E-state index < -0.39 is 10.0 Å². The molecule has 0 N–H and O–H groups in total. The predicted molar refractivity (Wildman–Crippen MR) is 106 cm³/mol. The molecule has 1 amide bonds. The Morgan fingerprint density at radius 1 is 1.00 bits per heavy atom. The molecular formula is C20H23ClN2O3S. The predicted octanol–water partition coefficient (Wildman–Crippen LogP) is 3.37. The molecule has 1 saturated heterocycles. The number of hydrogen-bond donors (Lipinski definition) is 0. The lowest BCUT2D eigenvalue weighted by Crippen LogP contribution is -2.50. The Morgan fingerprint density at radius 2 is 1.59 bits per heavy atom. The minimum atomic E-state index is -3.64. The van der Waals surface area contributed by atoms with Crippen LogP contribution in [0.1, 0.15) is 24.8 Å². The van der Waals surface area contributed by atoms with Crippen molar-refractivity contribution < 1.29 is 13.2 Å². The first-order chi connectivity index (χ1) is 12.9. The van der Waals surface area contributed by atoms with Gasteiger partial charge in [-0.25, -0.2) is 8.42 Å². The second-order valence-electron chi connectivity index (χ2n) is 6.73. The molecule has 1 aliphatic heterocycles. The molecule has 5 nitrogen and oxygen atoms in total. The van der Waals surface area contributed by atoms with E-state index >= 15 is 0 Å². The highest BCUT2D eigenvalue weighted by molar-refractivity contribution is 7.89. The summed E-state index contributed by atoms with van der Waals surface area (Å²) in [5, 5.41) is 0.215. The van der Waals surface area contributed by atoms with Crippen molar-refractivity contribution >= 4 is 27.5 Å². The highest BCUT2D eigenvalue weighted by Gasteiger charge is 2.31. The summed E-state index contributed by atoms with van der Waals surface area (Å²) in [5.41, 5.74) is 1.13. The van der Waals surface area contributed by atoms with Gasteiger partial charge >= 0.3 is 0 Å². The minimum absolute atomic E-state index is 0.0566. The van der Waals surface area contributed by atoms with Gasteiger partial charge in [0, 0.05) is 32.6 Å². The van der Waals surface area contributed by atoms with Crippen LogP contribution in [0.4, 0.5) is 0 Å². The summed E-state index contributed by atoms with van der Waals surface area (Å²) in [7, 11) is -3.64. The summed E-state index contributed by atoms with van der Waals surface area (Å²) >= 11 is 6.05. The maximum absolute atomic E-state index is 12.8. The SMILES string of the molecule is CC(CC(=O)N1CCN(S(=O)(=O)c2ccccc2Cl)CC1)c1ccccc1. The van der Waals surface area contributed by atoms with E-state index in [2.05, 4.69) is 0 Å². The number of nitrogens with zero attached hydrogens (tertiary/aromatic N) is 2. The second-order valence-corrected chi connectivity index (χ2v) is 9.04. The van der Waals surface area contributed by atoms with Gasteiger partial charge in [-0.2, -0.15) is 4.31 Å². The summed E-state index contributed by atoms with van der Waals surface area (Å²) in [4.78, 5) is 14.5. The Morgan fingerprint density at radius 3 is 2.22 bits per heavy atom. The van der Waals surface area contributed by atoms with Crippen LogP contribution in [0.15, 0.2) is 59.5 Å². The molecule has 1 fully saturated rings. The molecule has 0 aromatic heterocycles. The van der Waals surface area contributed by atoms with Gasteiger partial charge in [0.15, 0.2) is 0 Å². The average Bonchev–Trinajstić information content (AvgIpc) is 2.69. The number of halogens is 1. The molecule has 0 aliphatic carbocycles. The lowest BCUT2D eigenvalue weighted by molar-refractivity contribution is -0.132. The molecule has 0 radical (unpaired) electrons. The van der Waals surface area contributed by atoms with E-state index in [1.54, 1.807) is 23.1 Å².